The minimum absolute atomic E-state index is 0.0420. The van der Waals surface area contributed by atoms with Crippen molar-refractivity contribution in [3.63, 3.8) is 0 Å². The number of β-lactam (4-membered cyclic amide) rings is 1. The lowest BCUT2D eigenvalue weighted by molar-refractivity contribution is -0.197. The first-order valence-electron chi connectivity index (χ1n) is 23.4. The number of nitrogens with one attached hydrogen (secondary N) is 1. The van der Waals surface area contributed by atoms with Gasteiger partial charge in [-0.1, -0.05) is 191 Å². The van der Waals surface area contributed by atoms with Gasteiger partial charge in [-0.25, -0.2) is 14.8 Å². The molecule has 2 atom stereocenters. The number of amides is 2. The van der Waals surface area contributed by atoms with Crippen LogP contribution in [-0.2, 0) is 34.1 Å². The number of methoxy groups -OCH3 is 1. The predicted molar refractivity (Wildman–Crippen MR) is 289 cm³/mol. The van der Waals surface area contributed by atoms with Gasteiger partial charge in [-0.3, -0.25) is 19.3 Å². The first-order chi connectivity index (χ1) is 35.9. The minimum atomic E-state index is -1.29. The number of carbonyl (C=O) groups excluding carboxylic acids is 3. The number of aryl methyl sites for hydroxylation is 1. The van der Waals surface area contributed by atoms with Crippen LogP contribution in [0.4, 0.5) is 5.00 Å². The van der Waals surface area contributed by atoms with E-state index in [2.05, 4.69) is 20.6 Å². The Balaban J connectivity index is 1.00. The van der Waals surface area contributed by atoms with Crippen molar-refractivity contribution in [1.82, 2.24) is 29.8 Å². The van der Waals surface area contributed by atoms with Crippen LogP contribution in [0.3, 0.4) is 0 Å². The SMILES string of the molecule is COC(C)(C)O/N=C(/C(=O)N[C@@H]1C(=O)N2C(C(=O)OC(c3ccccc3)c3ccccc3)=C(CSc3nn4c(=O)cc(C)nc4s3)CS[C@H]12)c1nc(C(c2ccccc2)(c2ccccc2)c2ccccc2)sc1N. The fraction of sp³-hybridized carbons (Fsp3) is 0.200. The first-order valence-corrected chi connectivity index (χ1v) is 27.1. The highest BCUT2D eigenvalue weighted by Gasteiger charge is 2.55. The number of benzene rings is 5. The lowest BCUT2D eigenvalue weighted by Crippen LogP contribution is -2.71. The molecule has 0 unspecified atom stereocenters. The summed E-state index contributed by atoms with van der Waals surface area (Å²) in [5.41, 5.74) is 10.8. The summed E-state index contributed by atoms with van der Waals surface area (Å²) in [6.07, 6.45) is -0.815. The molecule has 15 nitrogen and oxygen atoms in total. The van der Waals surface area contributed by atoms with Gasteiger partial charge >= 0.3 is 5.97 Å². The summed E-state index contributed by atoms with van der Waals surface area (Å²) in [7, 11) is 1.45. The molecule has 19 heteroatoms. The molecule has 374 valence electrons. The average Bonchev–Trinajstić information content (AvgIpc) is 4.04. The van der Waals surface area contributed by atoms with E-state index in [1.807, 2.05) is 152 Å². The van der Waals surface area contributed by atoms with E-state index in [-0.39, 0.29) is 39.2 Å². The van der Waals surface area contributed by atoms with Crippen LogP contribution in [0, 0.1) is 6.92 Å². The zero-order valence-corrected chi connectivity index (χ0v) is 43.7. The highest BCUT2D eigenvalue weighted by atomic mass is 32.2. The topological polar surface area (TPSA) is 193 Å². The van der Waals surface area contributed by atoms with Crippen LogP contribution in [-0.4, -0.2) is 83.8 Å². The summed E-state index contributed by atoms with van der Waals surface area (Å²) in [4.78, 5) is 74.6. The van der Waals surface area contributed by atoms with E-state index in [1.165, 1.54) is 68.8 Å². The quantitative estimate of drug-likeness (QED) is 0.0167. The number of anilines is 1. The Labute approximate surface area is 442 Å². The van der Waals surface area contributed by atoms with Crippen LogP contribution in [0.15, 0.2) is 183 Å². The van der Waals surface area contributed by atoms with Crippen molar-refractivity contribution in [2.45, 2.75) is 53.8 Å². The fourth-order valence-corrected chi connectivity index (χ4v) is 13.4. The van der Waals surface area contributed by atoms with Gasteiger partial charge in [0.1, 0.15) is 32.8 Å². The van der Waals surface area contributed by atoms with Crippen LogP contribution < -0.4 is 16.6 Å². The number of carbonyl (C=O) groups is 3. The van der Waals surface area contributed by atoms with Crippen LogP contribution in [0.5, 0.6) is 0 Å². The highest BCUT2D eigenvalue weighted by molar-refractivity contribution is 8.02. The monoisotopic (exact) mass is 1060 g/mol. The number of thiazole rings is 1. The van der Waals surface area contributed by atoms with E-state index >= 15 is 0 Å². The van der Waals surface area contributed by atoms with Crippen LogP contribution in [0.25, 0.3) is 4.96 Å². The fourth-order valence-electron chi connectivity index (χ4n) is 8.83. The molecular formula is C55H48N8O7S4. The molecular weight excluding hydrogens is 1010 g/mol. The van der Waals surface area contributed by atoms with Gasteiger partial charge in [0, 0.05) is 44.2 Å². The van der Waals surface area contributed by atoms with Gasteiger partial charge in [-0.05, 0) is 40.3 Å². The van der Waals surface area contributed by atoms with Crippen molar-refractivity contribution in [2.24, 2.45) is 5.16 Å². The summed E-state index contributed by atoms with van der Waals surface area (Å²) in [5, 5.41) is 11.8. The average molecular weight is 1060 g/mol. The zero-order chi connectivity index (χ0) is 51.6. The highest BCUT2D eigenvalue weighted by Crippen LogP contribution is 2.48. The number of ether oxygens (including phenoxy) is 2. The molecule has 1 saturated heterocycles. The minimum Gasteiger partial charge on any atom is -0.448 e. The maximum Gasteiger partial charge on any atom is 0.356 e. The summed E-state index contributed by atoms with van der Waals surface area (Å²) in [6.45, 7) is 5.01. The van der Waals surface area contributed by atoms with E-state index in [4.69, 9.17) is 25.0 Å². The second-order valence-corrected chi connectivity index (χ2v) is 22.0. The second-order valence-electron chi connectivity index (χ2n) is 17.7. The van der Waals surface area contributed by atoms with Gasteiger partial charge in [-0.2, -0.15) is 4.52 Å². The Kier molecular flexibility index (Phi) is 14.4. The number of nitrogens with two attached hydrogens (primary N) is 1. The standard InChI is InChI=1S/C55H48N8O7S4/c1-33-30-40(64)63-52(57-33)74-53(60-63)72-32-36-31-71-49-43(48(66)62(49)44(36)50(67)69-45(34-20-10-5-11-21-34)35-22-12-6-13-23-35)58-47(65)42(61-70-54(2,3)68-4)41-46(56)73-51(59-41)55(37-24-14-7-15-25-37,38-26-16-8-17-27-38)39-28-18-9-19-29-39/h5-30,43,45,49H,31-32,56H2,1-4H3,(H,58,65)/b61-42+/t43-,49-/m1/s1. The van der Waals surface area contributed by atoms with Crippen molar-refractivity contribution in [3.8, 4) is 0 Å². The number of rotatable bonds is 17. The second kappa shape index (κ2) is 21.2. The molecule has 3 aromatic heterocycles. The molecule has 3 N–H and O–H groups in total. The molecule has 0 aliphatic carbocycles. The summed E-state index contributed by atoms with van der Waals surface area (Å²) in [6, 6.07) is 48.9. The molecule has 1 fully saturated rings. The Morgan fingerprint density at radius 3 is 1.93 bits per heavy atom. The molecule has 0 bridgehead atoms. The number of esters is 1. The molecule has 2 aliphatic heterocycles. The Morgan fingerprint density at radius 2 is 1.38 bits per heavy atom. The largest absolute Gasteiger partial charge is 0.448 e. The molecule has 0 saturated carbocycles. The molecule has 8 aromatic rings. The van der Waals surface area contributed by atoms with Gasteiger partial charge in [0.15, 0.2) is 16.2 Å². The predicted octanol–water partition coefficient (Wildman–Crippen LogP) is 8.76. The molecule has 10 rings (SSSR count). The van der Waals surface area contributed by atoms with Gasteiger partial charge in [0.2, 0.25) is 10.7 Å². The number of nitrogen functional groups attached to an aromatic ring is 1. The van der Waals surface area contributed by atoms with Gasteiger partial charge in [0.05, 0.1) is 5.41 Å². The number of oxime groups is 1. The maximum atomic E-state index is 14.9. The van der Waals surface area contributed by atoms with Crippen LogP contribution >= 0.6 is 46.2 Å². The molecule has 0 radical (unpaired) electrons. The lowest BCUT2D eigenvalue weighted by atomic mass is 9.70. The first kappa shape index (κ1) is 50.1. The summed E-state index contributed by atoms with van der Waals surface area (Å²) >= 11 is 5.16. The molecule has 5 aromatic carbocycles. The molecule has 0 spiro atoms. The number of aromatic nitrogens is 4. The van der Waals surface area contributed by atoms with Crippen molar-refractivity contribution in [2.75, 3.05) is 24.3 Å². The third kappa shape index (κ3) is 9.76. The third-order valence-electron chi connectivity index (χ3n) is 12.6. The molecule has 2 aliphatic rings. The normalized spacial score (nSPS) is 16.0. The molecule has 74 heavy (non-hydrogen) atoms. The molecule has 5 heterocycles. The van der Waals surface area contributed by atoms with E-state index in [1.54, 1.807) is 20.8 Å². The number of hydrogen-bond acceptors (Lipinski definition) is 16. The third-order valence-corrected chi connectivity index (χ3v) is 17.0. The van der Waals surface area contributed by atoms with Crippen molar-refractivity contribution in [3.05, 3.63) is 224 Å². The number of nitrogens with zero attached hydrogens (tertiary/aromatic N) is 6. The Bertz CT molecular complexity index is 3350. The van der Waals surface area contributed by atoms with Crippen LogP contribution in [0.1, 0.15) is 64.2 Å². The van der Waals surface area contributed by atoms with Crippen molar-refractivity contribution < 1.29 is 28.7 Å². The number of fused-ring (bicyclic) bond motifs is 2. The van der Waals surface area contributed by atoms with E-state index in [9.17, 15) is 19.2 Å². The Hall–Kier alpha value is -7.42. The smallest absolute Gasteiger partial charge is 0.356 e. The Morgan fingerprint density at radius 1 is 0.824 bits per heavy atom. The van der Waals surface area contributed by atoms with Gasteiger partial charge in [0.25, 0.3) is 17.4 Å². The lowest BCUT2D eigenvalue weighted by Gasteiger charge is -2.49. The van der Waals surface area contributed by atoms with Crippen LogP contribution in [0.2, 0.25) is 0 Å². The maximum absolute atomic E-state index is 14.9. The summed E-state index contributed by atoms with van der Waals surface area (Å²) < 4.78 is 13.7. The van der Waals surface area contributed by atoms with Gasteiger partial charge in [-0.15, -0.1) is 16.9 Å². The summed E-state index contributed by atoms with van der Waals surface area (Å²) in [5.74, 6) is -2.83. The van der Waals surface area contributed by atoms with Gasteiger partial charge < -0.3 is 25.4 Å². The van der Waals surface area contributed by atoms with E-state index in [0.29, 0.717) is 25.6 Å². The van der Waals surface area contributed by atoms with Crippen molar-refractivity contribution in [1.29, 1.82) is 0 Å². The molecule has 2 amide bonds. The number of hydrogen-bond donors (Lipinski definition) is 2. The van der Waals surface area contributed by atoms with Crippen molar-refractivity contribution >= 4 is 79.7 Å². The zero-order valence-electron chi connectivity index (χ0n) is 40.4. The van der Waals surface area contributed by atoms with E-state index < -0.39 is 46.5 Å². The van der Waals surface area contributed by atoms with E-state index in [0.717, 1.165) is 27.8 Å². The number of thioether (sulfide) groups is 2.